The van der Waals surface area contributed by atoms with Crippen LogP contribution < -0.4 is 0 Å². The van der Waals surface area contributed by atoms with Crippen LogP contribution in [0.1, 0.15) is 37.5 Å². The molecule has 0 fully saturated rings. The van der Waals surface area contributed by atoms with Gasteiger partial charge in [0.05, 0.1) is 13.2 Å². The summed E-state index contributed by atoms with van der Waals surface area (Å²) < 4.78 is 6.21. The molecular formula is C15H26O2Si. The van der Waals surface area contributed by atoms with Gasteiger partial charge in [0.15, 0.2) is 8.32 Å². The quantitative estimate of drug-likeness (QED) is 0.834. The van der Waals surface area contributed by atoms with Crippen LogP contribution in [0.3, 0.4) is 0 Å². The first-order valence-corrected chi connectivity index (χ1v) is 9.42. The number of benzene rings is 1. The van der Waals surface area contributed by atoms with Crippen molar-refractivity contribution in [3.63, 3.8) is 0 Å². The van der Waals surface area contributed by atoms with E-state index in [4.69, 9.17) is 4.43 Å². The fourth-order valence-electron chi connectivity index (χ4n) is 1.60. The van der Waals surface area contributed by atoms with Gasteiger partial charge in [0.25, 0.3) is 0 Å². The van der Waals surface area contributed by atoms with E-state index in [9.17, 15) is 5.11 Å². The maximum Gasteiger partial charge on any atom is 0.192 e. The summed E-state index contributed by atoms with van der Waals surface area (Å²) >= 11 is 0. The topological polar surface area (TPSA) is 29.5 Å². The van der Waals surface area contributed by atoms with Crippen LogP contribution in [-0.4, -0.2) is 13.4 Å². The number of aliphatic hydroxyl groups is 1. The Kier molecular flexibility index (Phi) is 4.76. The lowest BCUT2D eigenvalue weighted by Gasteiger charge is -2.36. The molecule has 0 heterocycles. The Bertz CT molecular complexity index is 405. The average molecular weight is 266 g/mol. The van der Waals surface area contributed by atoms with Crippen molar-refractivity contribution in [2.45, 2.75) is 59.0 Å². The van der Waals surface area contributed by atoms with Crippen molar-refractivity contribution >= 4 is 8.32 Å². The lowest BCUT2D eigenvalue weighted by atomic mass is 10.0. The fourth-order valence-corrected chi connectivity index (χ4v) is 2.55. The molecule has 2 nitrogen and oxygen atoms in total. The third-order valence-electron chi connectivity index (χ3n) is 4.06. The third kappa shape index (κ3) is 3.43. The lowest BCUT2D eigenvalue weighted by molar-refractivity contribution is 0.258. The van der Waals surface area contributed by atoms with Gasteiger partial charge in [-0.3, -0.25) is 0 Å². The first kappa shape index (κ1) is 15.4. The summed E-state index contributed by atoms with van der Waals surface area (Å²) in [6.45, 7) is 13.9. The van der Waals surface area contributed by atoms with Crippen LogP contribution in [0.25, 0.3) is 0 Å². The zero-order valence-corrected chi connectivity index (χ0v) is 13.5. The molecule has 0 aromatic heterocycles. The monoisotopic (exact) mass is 266 g/mol. The molecule has 0 amide bonds. The Morgan fingerprint density at radius 2 is 1.83 bits per heavy atom. The molecule has 1 rings (SSSR count). The number of aliphatic hydroxyl groups excluding tert-OH is 1. The Balaban J connectivity index is 2.85. The van der Waals surface area contributed by atoms with Crippen LogP contribution in [0, 0.1) is 6.92 Å². The molecule has 18 heavy (non-hydrogen) atoms. The predicted octanol–water partition coefficient (Wildman–Crippen LogP) is 4.01. The lowest BCUT2D eigenvalue weighted by Crippen LogP contribution is -2.40. The summed E-state index contributed by atoms with van der Waals surface area (Å²) in [4.78, 5) is 0. The van der Waals surface area contributed by atoms with Crippen molar-refractivity contribution < 1.29 is 9.53 Å². The SMILES string of the molecule is Cc1cccc(CO[Si](C)(C)C(C)(C)C)c1CO. The molecule has 1 N–H and O–H groups in total. The van der Waals surface area contributed by atoms with Crippen LogP contribution in [-0.2, 0) is 17.6 Å². The number of hydrogen-bond donors (Lipinski definition) is 1. The molecule has 102 valence electrons. The van der Waals surface area contributed by atoms with E-state index in [2.05, 4.69) is 33.9 Å². The Morgan fingerprint density at radius 3 is 2.33 bits per heavy atom. The fraction of sp³-hybridized carbons (Fsp3) is 0.600. The molecule has 0 saturated carbocycles. The van der Waals surface area contributed by atoms with Crippen molar-refractivity contribution in [1.82, 2.24) is 0 Å². The maximum absolute atomic E-state index is 9.44. The van der Waals surface area contributed by atoms with Crippen LogP contribution in [0.4, 0.5) is 0 Å². The summed E-state index contributed by atoms with van der Waals surface area (Å²) in [6.07, 6.45) is 0. The van der Waals surface area contributed by atoms with Gasteiger partial charge in [0.1, 0.15) is 0 Å². The van der Waals surface area contributed by atoms with Gasteiger partial charge < -0.3 is 9.53 Å². The van der Waals surface area contributed by atoms with Crippen molar-refractivity contribution in [1.29, 1.82) is 0 Å². The van der Waals surface area contributed by atoms with Crippen LogP contribution in [0.5, 0.6) is 0 Å². The Morgan fingerprint density at radius 1 is 1.22 bits per heavy atom. The second-order valence-electron chi connectivity index (χ2n) is 6.42. The average Bonchev–Trinajstić information content (AvgIpc) is 2.25. The van der Waals surface area contributed by atoms with Gasteiger partial charge in [-0.05, 0) is 41.7 Å². The van der Waals surface area contributed by atoms with Crippen molar-refractivity contribution in [2.24, 2.45) is 0 Å². The molecule has 0 bridgehead atoms. The molecule has 0 saturated heterocycles. The normalized spacial score (nSPS) is 12.8. The van der Waals surface area contributed by atoms with E-state index >= 15 is 0 Å². The second-order valence-corrected chi connectivity index (χ2v) is 11.2. The molecule has 0 radical (unpaired) electrons. The van der Waals surface area contributed by atoms with Gasteiger partial charge in [0, 0.05) is 0 Å². The molecular weight excluding hydrogens is 240 g/mol. The minimum absolute atomic E-state index is 0.0862. The van der Waals surface area contributed by atoms with Gasteiger partial charge in [-0.1, -0.05) is 39.0 Å². The van der Waals surface area contributed by atoms with Gasteiger partial charge >= 0.3 is 0 Å². The molecule has 0 unspecified atom stereocenters. The highest BCUT2D eigenvalue weighted by molar-refractivity contribution is 6.74. The molecule has 0 aliphatic rings. The minimum Gasteiger partial charge on any atom is -0.413 e. The summed E-state index contributed by atoms with van der Waals surface area (Å²) in [5.74, 6) is 0. The van der Waals surface area contributed by atoms with E-state index in [-0.39, 0.29) is 11.6 Å². The van der Waals surface area contributed by atoms with E-state index in [0.29, 0.717) is 6.61 Å². The molecule has 0 spiro atoms. The van der Waals surface area contributed by atoms with Crippen molar-refractivity contribution in [2.75, 3.05) is 0 Å². The predicted molar refractivity (Wildman–Crippen MR) is 79.1 cm³/mol. The summed E-state index contributed by atoms with van der Waals surface area (Å²) in [7, 11) is -1.72. The highest BCUT2D eigenvalue weighted by Gasteiger charge is 2.37. The smallest absolute Gasteiger partial charge is 0.192 e. The molecule has 0 atom stereocenters. The first-order valence-electron chi connectivity index (χ1n) is 6.51. The van der Waals surface area contributed by atoms with Crippen LogP contribution >= 0.6 is 0 Å². The number of aryl methyl sites for hydroxylation is 1. The highest BCUT2D eigenvalue weighted by atomic mass is 28.4. The first-order chi connectivity index (χ1) is 8.19. The minimum atomic E-state index is -1.72. The Hall–Kier alpha value is -0.643. The molecule has 1 aromatic rings. The van der Waals surface area contributed by atoms with E-state index in [0.717, 1.165) is 16.7 Å². The zero-order chi connectivity index (χ0) is 14.0. The largest absolute Gasteiger partial charge is 0.413 e. The van der Waals surface area contributed by atoms with Gasteiger partial charge in [-0.2, -0.15) is 0 Å². The maximum atomic E-state index is 9.44. The molecule has 0 aliphatic heterocycles. The van der Waals surface area contributed by atoms with Gasteiger partial charge in [-0.25, -0.2) is 0 Å². The molecule has 0 aliphatic carbocycles. The summed E-state index contributed by atoms with van der Waals surface area (Å²) in [5, 5.41) is 9.66. The highest BCUT2D eigenvalue weighted by Crippen LogP contribution is 2.37. The summed E-state index contributed by atoms with van der Waals surface area (Å²) in [6, 6.07) is 6.10. The third-order valence-corrected chi connectivity index (χ3v) is 8.54. The van der Waals surface area contributed by atoms with Crippen LogP contribution in [0.15, 0.2) is 18.2 Å². The second kappa shape index (κ2) is 5.55. The summed E-state index contributed by atoms with van der Waals surface area (Å²) in [5.41, 5.74) is 3.26. The van der Waals surface area contributed by atoms with Crippen molar-refractivity contribution in [3.8, 4) is 0 Å². The van der Waals surface area contributed by atoms with Gasteiger partial charge in [0.2, 0.25) is 0 Å². The number of rotatable bonds is 4. The zero-order valence-electron chi connectivity index (χ0n) is 12.5. The standard InChI is InChI=1S/C15H26O2Si/c1-12-8-7-9-13(14(12)10-16)11-17-18(5,6)15(2,3)4/h7-9,16H,10-11H2,1-6H3. The van der Waals surface area contributed by atoms with Gasteiger partial charge in [-0.15, -0.1) is 0 Å². The van der Waals surface area contributed by atoms with E-state index < -0.39 is 8.32 Å². The molecule has 1 aromatic carbocycles. The van der Waals surface area contributed by atoms with E-state index in [1.165, 1.54) is 0 Å². The molecule has 3 heteroatoms. The van der Waals surface area contributed by atoms with Crippen LogP contribution in [0.2, 0.25) is 18.1 Å². The van der Waals surface area contributed by atoms with E-state index in [1.807, 2.05) is 25.1 Å². The Labute approximate surface area is 112 Å². The van der Waals surface area contributed by atoms with Crippen molar-refractivity contribution in [3.05, 3.63) is 34.9 Å². The van der Waals surface area contributed by atoms with E-state index in [1.54, 1.807) is 0 Å². The number of hydrogen-bond acceptors (Lipinski definition) is 2.